The van der Waals surface area contributed by atoms with Crippen LogP contribution in [0.1, 0.15) is 28.3 Å². The van der Waals surface area contributed by atoms with Crippen molar-refractivity contribution < 1.29 is 19.1 Å². The SMILES string of the molecule is COc1ccc(CN(C(=O)Cc2ccccc2)C(C(=O)Nc2ccc(OC)cc2)c2ccc(C)cc2)cc1. The molecule has 0 aliphatic rings. The van der Waals surface area contributed by atoms with E-state index in [-0.39, 0.29) is 24.8 Å². The Kier molecular flexibility index (Phi) is 8.77. The molecule has 0 spiro atoms. The van der Waals surface area contributed by atoms with Gasteiger partial charge in [0.25, 0.3) is 5.91 Å². The minimum absolute atomic E-state index is 0.150. The summed E-state index contributed by atoms with van der Waals surface area (Å²) in [5.41, 5.74) is 4.20. The molecule has 4 rings (SSSR count). The predicted molar refractivity (Wildman–Crippen MR) is 149 cm³/mol. The molecule has 38 heavy (non-hydrogen) atoms. The molecule has 0 bridgehead atoms. The third-order valence-corrected chi connectivity index (χ3v) is 6.34. The van der Waals surface area contributed by atoms with E-state index in [1.54, 1.807) is 43.4 Å². The number of anilines is 1. The zero-order chi connectivity index (χ0) is 26.9. The van der Waals surface area contributed by atoms with Gasteiger partial charge in [-0.2, -0.15) is 0 Å². The largest absolute Gasteiger partial charge is 0.497 e. The first-order chi connectivity index (χ1) is 18.5. The highest BCUT2D eigenvalue weighted by Crippen LogP contribution is 2.28. The van der Waals surface area contributed by atoms with Crippen molar-refractivity contribution in [3.8, 4) is 11.5 Å². The minimum Gasteiger partial charge on any atom is -0.497 e. The lowest BCUT2D eigenvalue weighted by molar-refractivity contribution is -0.139. The summed E-state index contributed by atoms with van der Waals surface area (Å²) in [4.78, 5) is 29.4. The maximum absolute atomic E-state index is 13.9. The third-order valence-electron chi connectivity index (χ3n) is 6.34. The van der Waals surface area contributed by atoms with Crippen LogP contribution >= 0.6 is 0 Å². The highest BCUT2D eigenvalue weighted by Gasteiger charge is 2.32. The fourth-order valence-corrected chi connectivity index (χ4v) is 4.23. The third kappa shape index (κ3) is 6.79. The average molecular weight is 509 g/mol. The van der Waals surface area contributed by atoms with Crippen molar-refractivity contribution in [3.05, 3.63) is 125 Å². The van der Waals surface area contributed by atoms with E-state index in [1.807, 2.05) is 85.8 Å². The number of rotatable bonds is 10. The smallest absolute Gasteiger partial charge is 0.251 e. The van der Waals surface area contributed by atoms with Crippen LogP contribution in [0.2, 0.25) is 0 Å². The van der Waals surface area contributed by atoms with Crippen LogP contribution in [0.25, 0.3) is 0 Å². The maximum atomic E-state index is 13.9. The van der Waals surface area contributed by atoms with Crippen molar-refractivity contribution in [2.75, 3.05) is 19.5 Å². The van der Waals surface area contributed by atoms with Crippen molar-refractivity contribution in [1.82, 2.24) is 4.90 Å². The van der Waals surface area contributed by atoms with Gasteiger partial charge in [-0.3, -0.25) is 9.59 Å². The van der Waals surface area contributed by atoms with Gasteiger partial charge in [-0.1, -0.05) is 72.3 Å². The molecular formula is C32H32N2O4. The van der Waals surface area contributed by atoms with Gasteiger partial charge >= 0.3 is 0 Å². The Labute approximate surface area is 223 Å². The highest BCUT2D eigenvalue weighted by atomic mass is 16.5. The maximum Gasteiger partial charge on any atom is 0.251 e. The Morgan fingerprint density at radius 1 is 0.737 bits per heavy atom. The summed E-state index contributed by atoms with van der Waals surface area (Å²) in [7, 11) is 3.21. The predicted octanol–water partition coefficient (Wildman–Crippen LogP) is 5.96. The number of benzene rings is 4. The van der Waals surface area contributed by atoms with Crippen LogP contribution in [0, 0.1) is 6.92 Å². The van der Waals surface area contributed by atoms with Crippen molar-refractivity contribution >= 4 is 17.5 Å². The number of methoxy groups -OCH3 is 2. The fraction of sp³-hybridized carbons (Fsp3) is 0.188. The summed E-state index contributed by atoms with van der Waals surface area (Å²) < 4.78 is 10.5. The zero-order valence-corrected chi connectivity index (χ0v) is 21.9. The lowest BCUT2D eigenvalue weighted by Gasteiger charge is -2.32. The Morgan fingerprint density at radius 2 is 1.32 bits per heavy atom. The van der Waals surface area contributed by atoms with E-state index in [9.17, 15) is 9.59 Å². The summed E-state index contributed by atoms with van der Waals surface area (Å²) in [6.45, 7) is 2.25. The molecule has 1 atom stereocenters. The van der Waals surface area contributed by atoms with Crippen LogP contribution in [0.3, 0.4) is 0 Å². The molecule has 0 aliphatic carbocycles. The van der Waals surface area contributed by atoms with Gasteiger partial charge in [-0.05, 0) is 60.0 Å². The molecule has 0 saturated carbocycles. The number of hydrogen-bond acceptors (Lipinski definition) is 4. The average Bonchev–Trinajstić information content (AvgIpc) is 2.95. The van der Waals surface area contributed by atoms with E-state index in [4.69, 9.17) is 9.47 Å². The molecule has 6 nitrogen and oxygen atoms in total. The van der Waals surface area contributed by atoms with E-state index < -0.39 is 6.04 Å². The van der Waals surface area contributed by atoms with Gasteiger partial charge in [0, 0.05) is 12.2 Å². The summed E-state index contributed by atoms with van der Waals surface area (Å²) in [5, 5.41) is 3.00. The van der Waals surface area contributed by atoms with Crippen LogP contribution in [0.4, 0.5) is 5.69 Å². The molecule has 1 unspecified atom stereocenters. The molecule has 4 aromatic rings. The molecule has 0 heterocycles. The number of ether oxygens (including phenoxy) is 2. The Morgan fingerprint density at radius 3 is 1.89 bits per heavy atom. The Bertz CT molecular complexity index is 1340. The molecule has 194 valence electrons. The van der Waals surface area contributed by atoms with Crippen molar-refractivity contribution in [2.45, 2.75) is 25.9 Å². The molecule has 1 N–H and O–H groups in total. The van der Waals surface area contributed by atoms with E-state index in [0.717, 1.165) is 28.0 Å². The standard InChI is InChI=1S/C32H32N2O4/c1-23-9-13-26(14-10-23)31(32(36)33-27-15-19-29(38-3)20-16-27)34(22-25-11-17-28(37-2)18-12-25)30(35)21-24-7-5-4-6-8-24/h4-20,31H,21-22H2,1-3H3,(H,33,36). The van der Waals surface area contributed by atoms with Gasteiger partial charge in [0.15, 0.2) is 0 Å². The highest BCUT2D eigenvalue weighted by molar-refractivity contribution is 5.98. The second-order valence-corrected chi connectivity index (χ2v) is 9.06. The first kappa shape index (κ1) is 26.5. The van der Waals surface area contributed by atoms with Crippen LogP contribution in [0.15, 0.2) is 103 Å². The number of carbonyl (C=O) groups is 2. The van der Waals surface area contributed by atoms with E-state index in [0.29, 0.717) is 11.4 Å². The molecule has 4 aromatic carbocycles. The lowest BCUT2D eigenvalue weighted by atomic mass is 10.00. The first-order valence-electron chi connectivity index (χ1n) is 12.4. The van der Waals surface area contributed by atoms with Gasteiger partial charge in [-0.25, -0.2) is 0 Å². The molecule has 6 heteroatoms. The molecule has 0 radical (unpaired) electrons. The molecule has 0 fully saturated rings. The minimum atomic E-state index is -0.851. The quantitative estimate of drug-likeness (QED) is 0.287. The van der Waals surface area contributed by atoms with Crippen molar-refractivity contribution in [2.24, 2.45) is 0 Å². The number of hydrogen-bond donors (Lipinski definition) is 1. The molecular weight excluding hydrogens is 476 g/mol. The number of amides is 2. The first-order valence-corrected chi connectivity index (χ1v) is 12.4. The summed E-state index contributed by atoms with van der Waals surface area (Å²) >= 11 is 0. The number of aryl methyl sites for hydroxylation is 1. The lowest BCUT2D eigenvalue weighted by Crippen LogP contribution is -2.41. The Hall–Kier alpha value is -4.58. The fourth-order valence-electron chi connectivity index (χ4n) is 4.23. The molecule has 2 amide bonds. The van der Waals surface area contributed by atoms with Crippen LogP contribution < -0.4 is 14.8 Å². The zero-order valence-electron chi connectivity index (χ0n) is 21.9. The van der Waals surface area contributed by atoms with Gasteiger partial charge in [-0.15, -0.1) is 0 Å². The van der Waals surface area contributed by atoms with Crippen molar-refractivity contribution in [3.63, 3.8) is 0 Å². The summed E-state index contributed by atoms with van der Waals surface area (Å²) in [6.07, 6.45) is 0.176. The monoisotopic (exact) mass is 508 g/mol. The molecule has 0 aliphatic heterocycles. The number of nitrogens with one attached hydrogen (secondary N) is 1. The van der Waals surface area contributed by atoms with E-state index in [2.05, 4.69) is 5.32 Å². The normalized spacial score (nSPS) is 11.3. The van der Waals surface area contributed by atoms with Crippen LogP contribution in [-0.2, 0) is 22.6 Å². The van der Waals surface area contributed by atoms with E-state index in [1.165, 1.54) is 0 Å². The summed E-state index contributed by atoms with van der Waals surface area (Å²) in [6, 6.07) is 31.1. The van der Waals surface area contributed by atoms with Gasteiger partial charge in [0.2, 0.25) is 5.91 Å². The van der Waals surface area contributed by atoms with Crippen LogP contribution in [0.5, 0.6) is 11.5 Å². The van der Waals surface area contributed by atoms with Crippen molar-refractivity contribution in [1.29, 1.82) is 0 Å². The second-order valence-electron chi connectivity index (χ2n) is 9.06. The molecule has 0 saturated heterocycles. The summed E-state index contributed by atoms with van der Waals surface area (Å²) in [5.74, 6) is 0.969. The Balaban J connectivity index is 1.72. The van der Waals surface area contributed by atoms with Gasteiger partial charge in [0.05, 0.1) is 20.6 Å². The number of nitrogens with zero attached hydrogens (tertiary/aromatic N) is 1. The van der Waals surface area contributed by atoms with Crippen LogP contribution in [-0.4, -0.2) is 30.9 Å². The van der Waals surface area contributed by atoms with Gasteiger partial charge in [0.1, 0.15) is 17.5 Å². The van der Waals surface area contributed by atoms with E-state index >= 15 is 0 Å². The number of carbonyl (C=O) groups excluding carboxylic acids is 2. The molecule has 0 aromatic heterocycles. The van der Waals surface area contributed by atoms with Gasteiger partial charge < -0.3 is 19.7 Å². The second kappa shape index (κ2) is 12.6. The topological polar surface area (TPSA) is 67.9 Å².